The number of amides is 1. The number of nitrogens with zero attached hydrogens (tertiary/aromatic N) is 5. The predicted octanol–water partition coefficient (Wildman–Crippen LogP) is 4.97. The molecule has 0 atom stereocenters. The fourth-order valence-electron chi connectivity index (χ4n) is 5.06. The third kappa shape index (κ3) is 5.69. The summed E-state index contributed by atoms with van der Waals surface area (Å²) >= 11 is 6.27. The van der Waals surface area contributed by atoms with Crippen molar-refractivity contribution in [3.05, 3.63) is 107 Å². The van der Waals surface area contributed by atoms with Crippen molar-refractivity contribution in [2.24, 2.45) is 4.99 Å². The number of halogens is 3. The Morgan fingerprint density at radius 2 is 1.79 bits per heavy atom. The van der Waals surface area contributed by atoms with Gasteiger partial charge in [0, 0.05) is 53.9 Å². The highest BCUT2D eigenvalue weighted by Crippen LogP contribution is 2.41. The van der Waals surface area contributed by atoms with Crippen LogP contribution >= 0.6 is 11.6 Å². The fourth-order valence-corrected chi connectivity index (χ4v) is 5.22. The normalized spacial score (nSPS) is 16.1. The van der Waals surface area contributed by atoms with Crippen LogP contribution in [0.25, 0.3) is 11.1 Å². The van der Waals surface area contributed by atoms with Gasteiger partial charge in [0.05, 0.1) is 11.3 Å². The van der Waals surface area contributed by atoms with Gasteiger partial charge in [0.25, 0.3) is 5.91 Å². The second-order valence-electron chi connectivity index (χ2n) is 10.6. The average molecular weight is 601 g/mol. The molecule has 0 unspecified atom stereocenters. The van der Waals surface area contributed by atoms with Crippen LogP contribution in [0, 0.1) is 17.0 Å². The van der Waals surface area contributed by atoms with Crippen LogP contribution in [0.15, 0.2) is 77.6 Å². The Bertz CT molecular complexity index is 1740. The Balaban J connectivity index is 1.19. The molecule has 1 fully saturated rings. The number of likely N-dealkylation sites (N-methyl/N-ethyl adjacent to an activating group) is 1. The fraction of sp³-hybridized carbons (Fsp3) is 0.194. The van der Waals surface area contributed by atoms with Gasteiger partial charge in [-0.25, -0.2) is 23.7 Å². The number of aliphatic imine (C=N–C) groups is 1. The van der Waals surface area contributed by atoms with E-state index in [0.717, 1.165) is 5.56 Å². The van der Waals surface area contributed by atoms with Gasteiger partial charge in [0.2, 0.25) is 5.95 Å². The lowest BCUT2D eigenvalue weighted by molar-refractivity contribution is 0.0942. The van der Waals surface area contributed by atoms with E-state index in [2.05, 4.69) is 25.5 Å². The molecule has 0 bridgehead atoms. The zero-order valence-electron chi connectivity index (χ0n) is 23.3. The molecule has 218 valence electrons. The lowest BCUT2D eigenvalue weighted by Crippen LogP contribution is -2.62. The maximum absolute atomic E-state index is 14.8. The smallest absolute Gasteiger partial charge is 0.257 e. The number of benzene rings is 2. The van der Waals surface area contributed by atoms with Crippen molar-refractivity contribution in [1.29, 1.82) is 5.41 Å². The van der Waals surface area contributed by atoms with Crippen LogP contribution in [0.4, 0.5) is 20.4 Å². The Morgan fingerprint density at radius 3 is 2.49 bits per heavy atom. The standard InChI is InChI=1S/C31H27ClF2N8O/c1-41(2)20-15-42(16-20)30(35)40-29(43)17-6-9-19(10-7-17)38-31-37-13-18-8-11-21-22(27-24(33)4-3-5-25(27)34)12-26(32)36-14-23(21)28(18)39-31/h3-7,9-14,20H,8,15-16H2,1-2H3,(H2,35,40,43)(H,37,38,39). The van der Waals surface area contributed by atoms with Crippen LogP contribution in [0.1, 0.15) is 27.2 Å². The number of likely N-dealkylation sites (tertiary alicyclic amines) is 1. The van der Waals surface area contributed by atoms with Crippen molar-refractivity contribution in [2.75, 3.05) is 32.5 Å². The number of allylic oxidation sites excluding steroid dienone is 5. The maximum atomic E-state index is 14.8. The molecule has 6 rings (SSSR count). The van der Waals surface area contributed by atoms with Gasteiger partial charge in [-0.1, -0.05) is 23.7 Å². The van der Waals surface area contributed by atoms with E-state index in [-0.39, 0.29) is 34.1 Å². The van der Waals surface area contributed by atoms with E-state index >= 15 is 0 Å². The highest BCUT2D eigenvalue weighted by Gasteiger charge is 2.31. The Kier molecular flexibility index (Phi) is 7.59. The molecule has 3 aliphatic rings. The number of rotatable bonds is 5. The molecule has 3 heterocycles. The molecule has 1 aromatic heterocycles. The van der Waals surface area contributed by atoms with Crippen LogP contribution in [-0.2, 0) is 6.42 Å². The maximum Gasteiger partial charge on any atom is 0.257 e. The molecule has 0 saturated carbocycles. The molecular formula is C31H27ClF2N8O. The number of carbonyl (C=O) groups excluding carboxylic acids is 1. The summed E-state index contributed by atoms with van der Waals surface area (Å²) in [4.78, 5) is 30.0. The zero-order chi connectivity index (χ0) is 30.2. The van der Waals surface area contributed by atoms with E-state index < -0.39 is 11.6 Å². The molecule has 2 aliphatic heterocycles. The lowest BCUT2D eigenvalue weighted by atomic mass is 9.84. The highest BCUT2D eigenvalue weighted by molar-refractivity contribution is 6.69. The van der Waals surface area contributed by atoms with Gasteiger partial charge in [-0.15, -0.1) is 0 Å². The van der Waals surface area contributed by atoms with Crippen molar-refractivity contribution in [3.63, 3.8) is 0 Å². The molecule has 2 aromatic carbocycles. The van der Waals surface area contributed by atoms with E-state index in [1.165, 1.54) is 30.5 Å². The van der Waals surface area contributed by atoms with Crippen molar-refractivity contribution < 1.29 is 13.6 Å². The molecule has 0 spiro atoms. The molecule has 1 saturated heterocycles. The second-order valence-corrected chi connectivity index (χ2v) is 11.0. The third-order valence-electron chi connectivity index (χ3n) is 7.58. The molecule has 12 heteroatoms. The van der Waals surface area contributed by atoms with Gasteiger partial charge in [-0.2, -0.15) is 0 Å². The van der Waals surface area contributed by atoms with E-state index in [0.29, 0.717) is 53.6 Å². The van der Waals surface area contributed by atoms with E-state index in [1.807, 2.05) is 20.2 Å². The molecule has 3 N–H and O–H groups in total. The van der Waals surface area contributed by atoms with Crippen LogP contribution in [0.2, 0.25) is 0 Å². The number of carbonyl (C=O) groups is 1. The largest absolute Gasteiger partial charge is 0.340 e. The first kappa shape index (κ1) is 28.4. The minimum absolute atomic E-state index is 0.0790. The summed E-state index contributed by atoms with van der Waals surface area (Å²) in [5, 5.41) is 14.0. The van der Waals surface area contributed by atoms with E-state index in [9.17, 15) is 13.6 Å². The summed E-state index contributed by atoms with van der Waals surface area (Å²) in [6.45, 7) is 1.39. The molecular weight excluding hydrogens is 574 g/mol. The molecule has 0 radical (unpaired) electrons. The van der Waals surface area contributed by atoms with E-state index in [4.69, 9.17) is 22.0 Å². The molecule has 1 aliphatic carbocycles. The van der Waals surface area contributed by atoms with Crippen LogP contribution in [-0.4, -0.2) is 70.0 Å². The Morgan fingerprint density at radius 1 is 1.07 bits per heavy atom. The number of hydrogen-bond donors (Lipinski definition) is 3. The SMILES string of the molecule is CN(C)C1CN(C(=N)NC(=O)c2ccc(Nc3ncc4c(n3)C3=CN=C(Cl)C=C(c5c(F)cccc5F)C3=CC4)cc2)C1. The molecule has 9 nitrogen and oxygen atoms in total. The summed E-state index contributed by atoms with van der Waals surface area (Å²) in [5.41, 5.74) is 3.63. The highest BCUT2D eigenvalue weighted by atomic mass is 35.5. The molecule has 3 aromatic rings. The van der Waals surface area contributed by atoms with Crippen molar-refractivity contribution >= 4 is 51.4 Å². The van der Waals surface area contributed by atoms with E-state index in [1.54, 1.807) is 35.4 Å². The van der Waals surface area contributed by atoms with Gasteiger partial charge >= 0.3 is 0 Å². The minimum Gasteiger partial charge on any atom is -0.340 e. The number of fused-ring (bicyclic) bond motifs is 3. The van der Waals surface area contributed by atoms with Crippen molar-refractivity contribution in [1.82, 2.24) is 25.1 Å². The number of hydrogen-bond acceptors (Lipinski definition) is 7. The first-order valence-electron chi connectivity index (χ1n) is 13.5. The Hall–Kier alpha value is -4.74. The van der Waals surface area contributed by atoms with Gasteiger partial charge in [0.1, 0.15) is 16.8 Å². The summed E-state index contributed by atoms with van der Waals surface area (Å²) in [5.74, 6) is -1.42. The summed E-state index contributed by atoms with van der Waals surface area (Å²) in [6, 6.07) is 10.8. The Labute approximate surface area is 251 Å². The van der Waals surface area contributed by atoms with Crippen LogP contribution < -0.4 is 10.6 Å². The average Bonchev–Trinajstić information content (AvgIpc) is 3.11. The van der Waals surface area contributed by atoms with Crippen molar-refractivity contribution in [2.45, 2.75) is 12.5 Å². The topological polar surface area (TPSA) is 110 Å². The summed E-state index contributed by atoms with van der Waals surface area (Å²) in [6.07, 6.45) is 6.98. The second kappa shape index (κ2) is 11.5. The number of nitrogens with one attached hydrogen (secondary N) is 3. The number of anilines is 2. The van der Waals surface area contributed by atoms with Crippen LogP contribution in [0.5, 0.6) is 0 Å². The summed E-state index contributed by atoms with van der Waals surface area (Å²) < 4.78 is 29.6. The molecule has 43 heavy (non-hydrogen) atoms. The van der Waals surface area contributed by atoms with Gasteiger partial charge in [0.15, 0.2) is 5.96 Å². The first-order valence-corrected chi connectivity index (χ1v) is 13.9. The van der Waals surface area contributed by atoms with Gasteiger partial charge in [-0.3, -0.25) is 15.5 Å². The number of aromatic nitrogens is 2. The zero-order valence-corrected chi connectivity index (χ0v) is 24.1. The first-order chi connectivity index (χ1) is 20.7. The monoisotopic (exact) mass is 600 g/mol. The van der Waals surface area contributed by atoms with Gasteiger partial charge in [-0.05, 0) is 74.1 Å². The number of guanidine groups is 1. The quantitative estimate of drug-likeness (QED) is 0.282. The molecule has 1 amide bonds. The van der Waals surface area contributed by atoms with Gasteiger partial charge < -0.3 is 15.1 Å². The summed E-state index contributed by atoms with van der Waals surface area (Å²) in [7, 11) is 3.98. The lowest BCUT2D eigenvalue weighted by Gasteiger charge is -2.43. The third-order valence-corrected chi connectivity index (χ3v) is 7.79. The predicted molar refractivity (Wildman–Crippen MR) is 163 cm³/mol. The van der Waals surface area contributed by atoms with Crippen LogP contribution in [0.3, 0.4) is 0 Å². The van der Waals surface area contributed by atoms with Crippen molar-refractivity contribution in [3.8, 4) is 0 Å². The minimum atomic E-state index is -0.707.